The number of benzene rings is 1. The molecule has 4 heteroatoms. The lowest BCUT2D eigenvalue weighted by Gasteiger charge is -2.31. The minimum absolute atomic E-state index is 0.719. The molecule has 0 atom stereocenters. The van der Waals surface area contributed by atoms with Gasteiger partial charge in [0.2, 0.25) is 0 Å². The van der Waals surface area contributed by atoms with Crippen molar-refractivity contribution >= 4 is 21.9 Å². The summed E-state index contributed by atoms with van der Waals surface area (Å²) in [5.74, 6) is -0.795. The number of carbonyl (C=O) groups is 1. The third kappa shape index (κ3) is 3.56. The van der Waals surface area contributed by atoms with E-state index in [1.54, 1.807) is 13.8 Å². The van der Waals surface area contributed by atoms with Gasteiger partial charge in [0.15, 0.2) is 0 Å². The van der Waals surface area contributed by atoms with Crippen LogP contribution in [0.2, 0.25) is 0 Å². The van der Waals surface area contributed by atoms with E-state index in [1.165, 1.54) is 11.1 Å². The van der Waals surface area contributed by atoms with Crippen LogP contribution in [0, 0.1) is 6.92 Å². The van der Waals surface area contributed by atoms with Crippen molar-refractivity contribution in [1.29, 1.82) is 0 Å². The third-order valence-corrected chi connectivity index (χ3v) is 4.00. The molecular formula is C14H20BrNO2. The fraction of sp³-hybridized carbons (Fsp3) is 0.500. The second-order valence-electron chi connectivity index (χ2n) is 5.11. The second kappa shape index (κ2) is 5.85. The average molecular weight is 314 g/mol. The maximum absolute atomic E-state index is 11.1. The molecule has 18 heavy (non-hydrogen) atoms. The Morgan fingerprint density at radius 1 is 1.44 bits per heavy atom. The number of hydrogen-bond donors (Lipinski definition) is 1. The summed E-state index contributed by atoms with van der Waals surface area (Å²) in [6.45, 7) is 6.24. The maximum Gasteiger partial charge on any atom is 0.323 e. The van der Waals surface area contributed by atoms with E-state index in [0.29, 0.717) is 0 Å². The monoisotopic (exact) mass is 313 g/mol. The molecule has 0 spiro atoms. The minimum atomic E-state index is -0.833. The van der Waals surface area contributed by atoms with Crippen LogP contribution in [0.3, 0.4) is 0 Å². The van der Waals surface area contributed by atoms with Crippen LogP contribution in [0.1, 0.15) is 25.0 Å². The molecule has 3 nitrogen and oxygen atoms in total. The number of halogens is 1. The smallest absolute Gasteiger partial charge is 0.323 e. The number of hydrogen-bond acceptors (Lipinski definition) is 2. The molecular weight excluding hydrogens is 294 g/mol. The Labute approximate surface area is 117 Å². The van der Waals surface area contributed by atoms with Gasteiger partial charge in [-0.2, -0.15) is 0 Å². The Morgan fingerprint density at radius 2 is 2.06 bits per heavy atom. The van der Waals surface area contributed by atoms with E-state index in [1.807, 2.05) is 18.0 Å². The summed E-state index contributed by atoms with van der Waals surface area (Å²) in [4.78, 5) is 13.0. The van der Waals surface area contributed by atoms with Crippen LogP contribution < -0.4 is 0 Å². The molecule has 0 aromatic heterocycles. The van der Waals surface area contributed by atoms with E-state index in [9.17, 15) is 4.79 Å². The molecule has 0 heterocycles. The third-order valence-electron chi connectivity index (χ3n) is 3.51. The highest BCUT2D eigenvalue weighted by Gasteiger charge is 2.31. The van der Waals surface area contributed by atoms with Crippen molar-refractivity contribution in [3.05, 3.63) is 33.8 Å². The number of nitrogens with zero attached hydrogens (tertiary/aromatic N) is 1. The van der Waals surface area contributed by atoms with Crippen LogP contribution in [-0.2, 0) is 11.2 Å². The van der Waals surface area contributed by atoms with E-state index >= 15 is 0 Å². The molecule has 0 amide bonds. The molecule has 0 aliphatic carbocycles. The summed E-state index contributed by atoms with van der Waals surface area (Å²) in [6.07, 6.45) is 0.846. The standard InChI is InChI=1S/C14H20BrNO2/c1-10-5-6-12(15)9-11(10)7-8-16(4)14(2,3)13(17)18/h5-6,9H,7-8H2,1-4H3,(H,17,18). The number of aryl methyl sites for hydroxylation is 1. The second-order valence-corrected chi connectivity index (χ2v) is 6.02. The van der Waals surface area contributed by atoms with Crippen molar-refractivity contribution in [1.82, 2.24) is 4.90 Å². The minimum Gasteiger partial charge on any atom is -0.480 e. The Bertz CT molecular complexity index is 443. The summed E-state index contributed by atoms with van der Waals surface area (Å²) in [5, 5.41) is 9.16. The van der Waals surface area contributed by atoms with Gasteiger partial charge in [-0.25, -0.2) is 0 Å². The van der Waals surface area contributed by atoms with Gasteiger partial charge in [-0.3, -0.25) is 9.69 Å². The first-order chi connectivity index (χ1) is 8.25. The van der Waals surface area contributed by atoms with Gasteiger partial charge < -0.3 is 5.11 Å². The van der Waals surface area contributed by atoms with Crippen molar-refractivity contribution in [2.75, 3.05) is 13.6 Å². The average Bonchev–Trinajstić information content (AvgIpc) is 2.29. The number of likely N-dealkylation sites (N-methyl/N-ethyl adjacent to an activating group) is 1. The lowest BCUT2D eigenvalue weighted by molar-refractivity contribution is -0.148. The zero-order chi connectivity index (χ0) is 13.9. The Morgan fingerprint density at radius 3 is 2.61 bits per heavy atom. The fourth-order valence-corrected chi connectivity index (χ4v) is 2.05. The molecule has 0 saturated carbocycles. The number of aliphatic carboxylic acids is 1. The van der Waals surface area contributed by atoms with Crippen LogP contribution >= 0.6 is 15.9 Å². The molecule has 1 N–H and O–H groups in total. The summed E-state index contributed by atoms with van der Waals surface area (Å²) in [6, 6.07) is 6.18. The van der Waals surface area contributed by atoms with Crippen molar-refractivity contribution < 1.29 is 9.90 Å². The topological polar surface area (TPSA) is 40.5 Å². The van der Waals surface area contributed by atoms with E-state index in [4.69, 9.17) is 5.11 Å². The van der Waals surface area contributed by atoms with Crippen molar-refractivity contribution in [2.24, 2.45) is 0 Å². The fourth-order valence-electron chi connectivity index (χ4n) is 1.64. The van der Waals surface area contributed by atoms with Gasteiger partial charge >= 0.3 is 5.97 Å². The molecule has 100 valence electrons. The number of carboxylic acid groups (broad SMARTS) is 1. The van der Waals surface area contributed by atoms with Gasteiger partial charge in [0, 0.05) is 11.0 Å². The number of rotatable bonds is 5. The van der Waals surface area contributed by atoms with Gasteiger partial charge in [0.25, 0.3) is 0 Å². The molecule has 0 aliphatic heterocycles. The van der Waals surface area contributed by atoms with Gasteiger partial charge in [-0.15, -0.1) is 0 Å². The largest absolute Gasteiger partial charge is 0.480 e. The van der Waals surface area contributed by atoms with E-state index in [2.05, 4.69) is 35.0 Å². The van der Waals surface area contributed by atoms with Crippen LogP contribution in [0.15, 0.2) is 22.7 Å². The zero-order valence-corrected chi connectivity index (χ0v) is 12.9. The van der Waals surface area contributed by atoms with Crippen molar-refractivity contribution in [3.8, 4) is 0 Å². The molecule has 0 bridgehead atoms. The quantitative estimate of drug-likeness (QED) is 0.908. The normalized spacial score (nSPS) is 11.9. The van der Waals surface area contributed by atoms with E-state index in [0.717, 1.165) is 17.4 Å². The lowest BCUT2D eigenvalue weighted by atomic mass is 10.0. The highest BCUT2D eigenvalue weighted by atomic mass is 79.9. The van der Waals surface area contributed by atoms with Crippen molar-refractivity contribution in [3.63, 3.8) is 0 Å². The van der Waals surface area contributed by atoms with Crippen LogP contribution in [0.4, 0.5) is 0 Å². The molecule has 0 aliphatic rings. The van der Waals surface area contributed by atoms with Crippen LogP contribution in [0.25, 0.3) is 0 Å². The van der Waals surface area contributed by atoms with Crippen molar-refractivity contribution in [2.45, 2.75) is 32.7 Å². The summed E-state index contributed by atoms with van der Waals surface area (Å²) in [5.41, 5.74) is 1.65. The zero-order valence-electron chi connectivity index (χ0n) is 11.3. The maximum atomic E-state index is 11.1. The molecule has 1 rings (SSSR count). The first-order valence-electron chi connectivity index (χ1n) is 5.95. The van der Waals surface area contributed by atoms with Crippen LogP contribution in [0.5, 0.6) is 0 Å². The highest BCUT2D eigenvalue weighted by Crippen LogP contribution is 2.18. The molecule has 0 radical (unpaired) electrons. The molecule has 1 aromatic rings. The van der Waals surface area contributed by atoms with E-state index in [-0.39, 0.29) is 0 Å². The predicted molar refractivity (Wildman–Crippen MR) is 76.9 cm³/mol. The summed E-state index contributed by atoms with van der Waals surface area (Å²) in [7, 11) is 1.85. The Kier molecular flexibility index (Phi) is 4.93. The molecule has 0 fully saturated rings. The number of carboxylic acids is 1. The van der Waals surface area contributed by atoms with Crippen LogP contribution in [-0.4, -0.2) is 35.1 Å². The van der Waals surface area contributed by atoms with E-state index < -0.39 is 11.5 Å². The Hall–Kier alpha value is -0.870. The summed E-state index contributed by atoms with van der Waals surface area (Å²) < 4.78 is 1.06. The van der Waals surface area contributed by atoms with Gasteiger partial charge in [-0.05, 0) is 57.5 Å². The SMILES string of the molecule is Cc1ccc(Br)cc1CCN(C)C(C)(C)C(=O)O. The molecule has 0 saturated heterocycles. The lowest BCUT2D eigenvalue weighted by Crippen LogP contribution is -2.48. The first-order valence-corrected chi connectivity index (χ1v) is 6.74. The first kappa shape index (κ1) is 15.2. The predicted octanol–water partition coefficient (Wildman–Crippen LogP) is 3.10. The van der Waals surface area contributed by atoms with Gasteiger partial charge in [0.05, 0.1) is 0 Å². The molecule has 1 aromatic carbocycles. The van der Waals surface area contributed by atoms with Gasteiger partial charge in [-0.1, -0.05) is 22.0 Å². The highest BCUT2D eigenvalue weighted by molar-refractivity contribution is 9.10. The Balaban J connectivity index is 2.71. The van der Waals surface area contributed by atoms with Gasteiger partial charge in [0.1, 0.15) is 5.54 Å². The molecule has 0 unspecified atom stereocenters. The summed E-state index contributed by atoms with van der Waals surface area (Å²) >= 11 is 3.46.